The third-order valence-corrected chi connectivity index (χ3v) is 3.37. The van der Waals surface area contributed by atoms with E-state index in [4.69, 9.17) is 0 Å². The second-order valence-corrected chi connectivity index (χ2v) is 6.43. The third kappa shape index (κ3) is 2.27. The van der Waals surface area contributed by atoms with Crippen LogP contribution in [0.3, 0.4) is 0 Å². The van der Waals surface area contributed by atoms with Gasteiger partial charge in [-0.2, -0.15) is 9.19 Å². The van der Waals surface area contributed by atoms with Gasteiger partial charge in [-0.05, 0) is 5.92 Å². The maximum atomic E-state index is 11.3. The molecule has 6 heteroatoms. The summed E-state index contributed by atoms with van der Waals surface area (Å²) in [6.07, 6.45) is 2.78. The lowest BCUT2D eigenvalue weighted by Crippen LogP contribution is -2.22. The van der Waals surface area contributed by atoms with Crippen LogP contribution in [0.4, 0.5) is 0 Å². The van der Waals surface area contributed by atoms with E-state index in [9.17, 15) is 8.42 Å². The summed E-state index contributed by atoms with van der Waals surface area (Å²) in [5.41, 5.74) is 1.90. The van der Waals surface area contributed by atoms with Crippen molar-refractivity contribution >= 4 is 10.0 Å². The minimum absolute atomic E-state index is 0.739. The van der Waals surface area contributed by atoms with Crippen molar-refractivity contribution in [1.82, 2.24) is 14.1 Å². The highest BCUT2D eigenvalue weighted by Crippen LogP contribution is 2.22. The van der Waals surface area contributed by atoms with Gasteiger partial charge < -0.3 is 0 Å². The second kappa shape index (κ2) is 3.85. The van der Waals surface area contributed by atoms with E-state index < -0.39 is 10.0 Å². The zero-order valence-corrected chi connectivity index (χ0v) is 10.6. The number of hydrogen-bond acceptors (Lipinski definition) is 4. The van der Waals surface area contributed by atoms with Crippen molar-refractivity contribution in [2.75, 3.05) is 12.8 Å². The van der Waals surface area contributed by atoms with Gasteiger partial charge in [-0.15, -0.1) is 0 Å². The molecule has 1 aliphatic rings. The molecule has 16 heavy (non-hydrogen) atoms. The summed E-state index contributed by atoms with van der Waals surface area (Å²) in [5, 5.41) is 4.10. The van der Waals surface area contributed by atoms with Gasteiger partial charge in [0.15, 0.2) is 0 Å². The summed E-state index contributed by atoms with van der Waals surface area (Å²) in [5.74, 6) is 1.35. The molecule has 2 rings (SSSR count). The molecular formula is C10H16N3O2S. The molecule has 0 N–H and O–H groups in total. The van der Waals surface area contributed by atoms with Gasteiger partial charge in [0.05, 0.1) is 11.9 Å². The predicted molar refractivity (Wildman–Crippen MR) is 61.2 cm³/mol. The molecule has 0 bridgehead atoms. The third-order valence-electron chi connectivity index (χ3n) is 2.50. The maximum absolute atomic E-state index is 11.3. The van der Waals surface area contributed by atoms with Crippen molar-refractivity contribution < 1.29 is 8.42 Å². The van der Waals surface area contributed by atoms with Crippen LogP contribution in [0.1, 0.15) is 25.1 Å². The number of fused-ring (bicyclic) bond motifs is 1. The Kier molecular flexibility index (Phi) is 2.79. The molecule has 0 amide bonds. The fourth-order valence-corrected chi connectivity index (χ4v) is 2.49. The second-order valence-electron chi connectivity index (χ2n) is 4.59. The van der Waals surface area contributed by atoms with Gasteiger partial charge in [0.25, 0.3) is 10.0 Å². The Balaban J connectivity index is 2.14. The lowest BCUT2D eigenvalue weighted by atomic mass is 10.2. The molecule has 0 saturated heterocycles. The quantitative estimate of drug-likeness (QED) is 0.779. The predicted octanol–water partition coefficient (Wildman–Crippen LogP) is 0.621. The zero-order valence-electron chi connectivity index (χ0n) is 9.77. The highest BCUT2D eigenvalue weighted by Gasteiger charge is 2.24. The van der Waals surface area contributed by atoms with Crippen molar-refractivity contribution in [2.45, 2.75) is 26.9 Å². The van der Waals surface area contributed by atoms with E-state index in [0.717, 1.165) is 41.2 Å². The van der Waals surface area contributed by atoms with Crippen LogP contribution in [-0.2, 0) is 23.1 Å². The van der Waals surface area contributed by atoms with Gasteiger partial charge in [-0.1, -0.05) is 13.8 Å². The molecule has 0 aliphatic carbocycles. The molecule has 0 atom stereocenters. The highest BCUT2D eigenvalue weighted by atomic mass is 32.2. The van der Waals surface area contributed by atoms with Crippen LogP contribution in [0.5, 0.6) is 0 Å². The number of aromatic nitrogens is 2. The molecule has 1 aromatic rings. The Labute approximate surface area is 96.1 Å². The smallest absolute Gasteiger partial charge is 0.250 e. The van der Waals surface area contributed by atoms with Crippen LogP contribution in [0.15, 0.2) is 6.20 Å². The topological polar surface area (TPSA) is 55.2 Å². The number of nitrogens with zero attached hydrogens (tertiary/aromatic N) is 3. The van der Waals surface area contributed by atoms with Crippen LogP contribution in [-0.4, -0.2) is 35.3 Å². The van der Waals surface area contributed by atoms with Gasteiger partial charge in [-0.3, -0.25) is 4.90 Å². The van der Waals surface area contributed by atoms with Crippen molar-refractivity contribution in [3.05, 3.63) is 23.4 Å². The largest absolute Gasteiger partial charge is 0.292 e. The first-order valence-corrected chi connectivity index (χ1v) is 7.00. The Bertz CT molecular complexity index is 467. The van der Waals surface area contributed by atoms with Gasteiger partial charge in [0.2, 0.25) is 0 Å². The average Bonchev–Trinajstić information content (AvgIpc) is 2.57. The fourth-order valence-electron chi connectivity index (χ4n) is 1.92. The first-order chi connectivity index (χ1) is 7.36. The summed E-state index contributed by atoms with van der Waals surface area (Å²) >= 11 is 0. The van der Waals surface area contributed by atoms with E-state index in [-0.39, 0.29) is 0 Å². The van der Waals surface area contributed by atoms with Crippen molar-refractivity contribution in [1.29, 1.82) is 0 Å². The van der Waals surface area contributed by atoms with Crippen LogP contribution in [0.25, 0.3) is 0 Å². The molecule has 2 heterocycles. The van der Waals surface area contributed by atoms with Crippen LogP contribution >= 0.6 is 0 Å². The summed E-state index contributed by atoms with van der Waals surface area (Å²) < 4.78 is 23.6. The van der Waals surface area contributed by atoms with Gasteiger partial charge >= 0.3 is 0 Å². The first-order valence-electron chi connectivity index (χ1n) is 5.15. The molecule has 89 valence electrons. The standard InChI is InChI=1S/C10H16N3O2S/c1-8(2)4-12-5-9-6-13(16(3,14)15)11-10(9)7-12/h6H,4-5,7H2,1-3H3. The van der Waals surface area contributed by atoms with E-state index in [2.05, 4.69) is 23.8 Å². The van der Waals surface area contributed by atoms with Gasteiger partial charge in [-0.25, -0.2) is 8.42 Å². The van der Waals surface area contributed by atoms with Crippen molar-refractivity contribution in [3.63, 3.8) is 0 Å². The normalized spacial score (nSPS) is 17.0. The molecule has 0 spiro atoms. The SMILES string of the molecule is C[C](C)CN1Cc2cn(S(C)(=O)=O)nc2C1. The van der Waals surface area contributed by atoms with E-state index in [1.54, 1.807) is 6.20 Å². The van der Waals surface area contributed by atoms with Crippen molar-refractivity contribution in [3.8, 4) is 0 Å². The minimum Gasteiger partial charge on any atom is -0.292 e. The van der Waals surface area contributed by atoms with Crippen LogP contribution in [0, 0.1) is 5.92 Å². The minimum atomic E-state index is -3.24. The highest BCUT2D eigenvalue weighted by molar-refractivity contribution is 7.89. The summed E-state index contributed by atoms with van der Waals surface area (Å²) in [4.78, 5) is 2.25. The molecule has 0 fully saturated rings. The zero-order chi connectivity index (χ0) is 11.9. The van der Waals surface area contributed by atoms with Crippen molar-refractivity contribution in [2.24, 2.45) is 0 Å². The molecule has 0 unspecified atom stereocenters. The fraction of sp³-hybridized carbons (Fsp3) is 0.600. The van der Waals surface area contributed by atoms with Gasteiger partial charge in [0.1, 0.15) is 0 Å². The average molecular weight is 242 g/mol. The molecule has 1 aliphatic heterocycles. The molecule has 1 radical (unpaired) electrons. The Hall–Kier alpha value is -0.880. The van der Waals surface area contributed by atoms with E-state index in [1.165, 1.54) is 5.92 Å². The summed E-state index contributed by atoms with van der Waals surface area (Å²) in [7, 11) is -3.24. The monoisotopic (exact) mass is 242 g/mol. The molecular weight excluding hydrogens is 226 g/mol. The lowest BCUT2D eigenvalue weighted by Gasteiger charge is -2.16. The lowest BCUT2D eigenvalue weighted by molar-refractivity contribution is 0.292. The van der Waals surface area contributed by atoms with E-state index in [1.807, 2.05) is 0 Å². The Morgan fingerprint density at radius 2 is 2.12 bits per heavy atom. The number of rotatable bonds is 3. The summed E-state index contributed by atoms with van der Waals surface area (Å²) in [6.45, 7) is 6.65. The molecule has 0 saturated carbocycles. The number of hydrogen-bond donors (Lipinski definition) is 0. The molecule has 5 nitrogen and oxygen atoms in total. The first kappa shape index (κ1) is 11.6. The van der Waals surface area contributed by atoms with Crippen LogP contribution in [0.2, 0.25) is 0 Å². The van der Waals surface area contributed by atoms with Crippen LogP contribution < -0.4 is 0 Å². The Morgan fingerprint density at radius 3 is 2.62 bits per heavy atom. The molecule has 1 aromatic heterocycles. The van der Waals surface area contributed by atoms with E-state index in [0.29, 0.717) is 0 Å². The summed E-state index contributed by atoms with van der Waals surface area (Å²) in [6, 6.07) is 0. The Morgan fingerprint density at radius 1 is 1.44 bits per heavy atom. The van der Waals surface area contributed by atoms with Gasteiger partial charge in [0, 0.05) is 31.4 Å². The maximum Gasteiger partial charge on any atom is 0.250 e. The van der Waals surface area contributed by atoms with E-state index >= 15 is 0 Å². The molecule has 0 aromatic carbocycles.